The number of phosphoric acid groups is 1. The number of carbonyl (C=O) groups is 3. The van der Waals surface area contributed by atoms with Crippen molar-refractivity contribution < 1.29 is 52.2 Å². The first-order chi connectivity index (χ1) is 36.2. The summed E-state index contributed by atoms with van der Waals surface area (Å²) in [6.45, 7) is 4.62. The number of aliphatic hydroxyl groups excluding tert-OH is 1. The summed E-state index contributed by atoms with van der Waals surface area (Å²) >= 11 is 0. The average molecular weight is 1070 g/mol. The molecule has 0 fully saturated rings. The van der Waals surface area contributed by atoms with Gasteiger partial charge in [0.2, 0.25) is 0 Å². The van der Waals surface area contributed by atoms with Gasteiger partial charge >= 0.3 is 25.7 Å². The normalized spacial score (nSPS) is 13.6. The molecule has 0 heterocycles. The second-order valence-corrected chi connectivity index (χ2v) is 22.0. The molecule has 0 spiro atoms. The molecule has 0 aromatic rings. The molecule has 0 saturated carbocycles. The van der Waals surface area contributed by atoms with E-state index in [-0.39, 0.29) is 25.9 Å². The third-order valence-electron chi connectivity index (χ3n) is 13.2. The highest BCUT2D eigenvalue weighted by molar-refractivity contribution is 7.47. The fraction of sp³-hybridized carbons (Fsp3) is 0.823. The van der Waals surface area contributed by atoms with E-state index in [1.807, 2.05) is 0 Å². The molecule has 0 aromatic heterocycles. The van der Waals surface area contributed by atoms with E-state index >= 15 is 0 Å². The van der Waals surface area contributed by atoms with Crippen LogP contribution in [-0.2, 0) is 42.2 Å². The molecule has 0 saturated heterocycles. The summed E-state index contributed by atoms with van der Waals surface area (Å²) in [5, 5.41) is 9.81. The zero-order chi connectivity index (χ0) is 54.1. The van der Waals surface area contributed by atoms with Gasteiger partial charge in [-0.15, -0.1) is 0 Å². The van der Waals surface area contributed by atoms with E-state index in [0.29, 0.717) is 19.3 Å². The fourth-order valence-electron chi connectivity index (χ4n) is 8.54. The van der Waals surface area contributed by atoms with Crippen molar-refractivity contribution in [3.8, 4) is 0 Å². The first-order valence-electron chi connectivity index (χ1n) is 30.5. The fourth-order valence-corrected chi connectivity index (χ4v) is 9.32. The summed E-state index contributed by atoms with van der Waals surface area (Å²) in [6.07, 6.45) is 60.6. The van der Waals surface area contributed by atoms with Crippen LogP contribution < -0.4 is 0 Å². The molecule has 74 heavy (non-hydrogen) atoms. The molecule has 0 rings (SSSR count). The summed E-state index contributed by atoms with van der Waals surface area (Å²) in [6, 6.07) is 0. The third-order valence-corrected chi connectivity index (χ3v) is 14.2. The number of carbonyl (C=O) groups excluding carboxylic acids is 3. The first kappa shape index (κ1) is 71.4. The zero-order valence-electron chi connectivity index (χ0n) is 47.8. The molecule has 0 aliphatic carbocycles. The van der Waals surface area contributed by atoms with Crippen molar-refractivity contribution >= 4 is 25.7 Å². The molecule has 432 valence electrons. The number of hydrogen-bond acceptors (Lipinski definition) is 10. The Hall–Kier alpha value is -2.56. The molecule has 0 aromatic carbocycles. The number of aliphatic hydroxyl groups is 1. The van der Waals surface area contributed by atoms with Gasteiger partial charge in [-0.1, -0.05) is 236 Å². The second-order valence-electron chi connectivity index (χ2n) is 20.5. The molecule has 11 nitrogen and oxygen atoms in total. The van der Waals surface area contributed by atoms with Gasteiger partial charge in [-0.05, 0) is 83.5 Å². The lowest BCUT2D eigenvalue weighted by molar-refractivity contribution is -0.161. The predicted molar refractivity (Wildman–Crippen MR) is 307 cm³/mol. The molecule has 3 unspecified atom stereocenters. The van der Waals surface area contributed by atoms with Crippen LogP contribution in [0.25, 0.3) is 0 Å². The Morgan fingerprint density at radius 2 is 0.662 bits per heavy atom. The highest BCUT2D eigenvalue weighted by atomic mass is 31.2. The molecule has 0 aliphatic heterocycles. The Bertz CT molecular complexity index is 1430. The third kappa shape index (κ3) is 54.2. The Morgan fingerprint density at radius 3 is 1.05 bits per heavy atom. The van der Waals surface area contributed by atoms with Crippen LogP contribution in [0.3, 0.4) is 0 Å². The van der Waals surface area contributed by atoms with Crippen LogP contribution in [0.15, 0.2) is 48.6 Å². The van der Waals surface area contributed by atoms with Crippen LogP contribution in [0, 0.1) is 0 Å². The molecule has 12 heteroatoms. The monoisotopic (exact) mass is 1060 g/mol. The molecule has 2 N–H and O–H groups in total. The van der Waals surface area contributed by atoms with Crippen molar-refractivity contribution in [3.05, 3.63) is 48.6 Å². The maximum atomic E-state index is 12.9. The lowest BCUT2D eigenvalue weighted by Crippen LogP contribution is -2.30. The molecule has 3 atom stereocenters. The number of rotatable bonds is 57. The van der Waals surface area contributed by atoms with E-state index in [2.05, 4.69) is 69.4 Å². The SMILES string of the molecule is CCCCC/C=C\C/C=C\C/C=C\CCCCCCCCC(=O)OC(COC(=O)CCCCCCCCC/C=C\CCCCCCCC)COP(=O)(O)OCC(CO)OC(=O)CCCCCCCCCCCCC. The van der Waals surface area contributed by atoms with Gasteiger partial charge in [-0.2, -0.15) is 0 Å². The topological polar surface area (TPSA) is 155 Å². The van der Waals surface area contributed by atoms with E-state index in [9.17, 15) is 28.9 Å². The standard InChI is InChI=1S/C62H113O11P/c1-4-7-10-13-16-19-22-24-26-28-29-31-33-35-38-41-44-47-50-53-62(66)73-59(55-69-60(64)51-48-45-42-39-37-34-32-30-27-25-23-20-17-14-11-8-5-2)57-71-74(67,68)70-56-58(54-63)72-61(65)52-49-46-43-40-36-21-18-15-12-9-6-3/h16,19,24-27,29,31,58-59,63H,4-15,17-18,20-23,28,30,32-57H2,1-3H3,(H,67,68)/b19-16-,26-24-,27-25-,31-29-. The van der Waals surface area contributed by atoms with Crippen molar-refractivity contribution in [2.24, 2.45) is 0 Å². The largest absolute Gasteiger partial charge is 0.472 e. The van der Waals surface area contributed by atoms with Crippen LogP contribution in [0.2, 0.25) is 0 Å². The summed E-state index contributed by atoms with van der Waals surface area (Å²) in [4.78, 5) is 48.6. The van der Waals surface area contributed by atoms with Crippen molar-refractivity contribution in [2.45, 2.75) is 303 Å². The number of unbranched alkanes of at least 4 members (excludes halogenated alkanes) is 32. The minimum Gasteiger partial charge on any atom is -0.462 e. The molecule has 0 amide bonds. The zero-order valence-corrected chi connectivity index (χ0v) is 48.7. The predicted octanol–water partition coefficient (Wildman–Crippen LogP) is 18.1. The Kier molecular flexibility index (Phi) is 54.7. The highest BCUT2D eigenvalue weighted by Crippen LogP contribution is 2.43. The van der Waals surface area contributed by atoms with Crippen molar-refractivity contribution in [1.29, 1.82) is 0 Å². The summed E-state index contributed by atoms with van der Waals surface area (Å²) in [7, 11) is -4.75. The lowest BCUT2D eigenvalue weighted by Gasteiger charge is -2.21. The average Bonchev–Trinajstić information content (AvgIpc) is 3.39. The number of allylic oxidation sites excluding steroid dienone is 8. The molecule has 0 bridgehead atoms. The number of hydrogen-bond donors (Lipinski definition) is 2. The summed E-state index contributed by atoms with van der Waals surface area (Å²) in [5.41, 5.74) is 0. The van der Waals surface area contributed by atoms with Gasteiger partial charge in [0.15, 0.2) is 6.10 Å². The van der Waals surface area contributed by atoms with Gasteiger partial charge in [-0.25, -0.2) is 4.57 Å². The van der Waals surface area contributed by atoms with Gasteiger partial charge in [0.05, 0.1) is 19.8 Å². The minimum absolute atomic E-state index is 0.154. The summed E-state index contributed by atoms with van der Waals surface area (Å²) in [5.74, 6) is -1.47. The van der Waals surface area contributed by atoms with Crippen molar-refractivity contribution in [1.82, 2.24) is 0 Å². The smallest absolute Gasteiger partial charge is 0.462 e. The summed E-state index contributed by atoms with van der Waals surface area (Å²) < 4.78 is 39.6. The second kappa shape index (κ2) is 56.6. The quantitative estimate of drug-likeness (QED) is 0.0197. The minimum atomic E-state index is -4.75. The van der Waals surface area contributed by atoms with Crippen LogP contribution >= 0.6 is 7.82 Å². The van der Waals surface area contributed by atoms with Gasteiger partial charge in [0.25, 0.3) is 0 Å². The van der Waals surface area contributed by atoms with Gasteiger partial charge in [0.1, 0.15) is 12.7 Å². The molecular weight excluding hydrogens is 952 g/mol. The van der Waals surface area contributed by atoms with Crippen LogP contribution in [0.1, 0.15) is 290 Å². The highest BCUT2D eigenvalue weighted by Gasteiger charge is 2.28. The van der Waals surface area contributed by atoms with Crippen LogP contribution in [-0.4, -0.2) is 66.5 Å². The molecule has 0 radical (unpaired) electrons. The Balaban J connectivity index is 4.73. The van der Waals surface area contributed by atoms with E-state index < -0.39 is 57.8 Å². The van der Waals surface area contributed by atoms with E-state index in [0.717, 1.165) is 96.3 Å². The van der Waals surface area contributed by atoms with Crippen molar-refractivity contribution in [2.75, 3.05) is 26.4 Å². The first-order valence-corrected chi connectivity index (χ1v) is 32.0. The van der Waals surface area contributed by atoms with Crippen molar-refractivity contribution in [3.63, 3.8) is 0 Å². The molecule has 0 aliphatic rings. The maximum Gasteiger partial charge on any atom is 0.472 e. The number of phosphoric ester groups is 1. The Morgan fingerprint density at radius 1 is 0.378 bits per heavy atom. The van der Waals surface area contributed by atoms with Crippen LogP contribution in [0.4, 0.5) is 0 Å². The number of ether oxygens (including phenoxy) is 3. The lowest BCUT2D eigenvalue weighted by atomic mass is 10.1. The number of esters is 3. The Labute approximate surface area is 453 Å². The van der Waals surface area contributed by atoms with Gasteiger partial charge in [0, 0.05) is 19.3 Å². The van der Waals surface area contributed by atoms with E-state index in [1.165, 1.54) is 135 Å². The maximum absolute atomic E-state index is 12.9. The van der Waals surface area contributed by atoms with E-state index in [4.69, 9.17) is 23.3 Å². The van der Waals surface area contributed by atoms with Gasteiger partial charge in [-0.3, -0.25) is 23.4 Å². The van der Waals surface area contributed by atoms with Crippen LogP contribution in [0.5, 0.6) is 0 Å². The van der Waals surface area contributed by atoms with E-state index in [1.54, 1.807) is 0 Å². The molecular formula is C62H113O11P. The van der Waals surface area contributed by atoms with Gasteiger partial charge < -0.3 is 24.2 Å².